The molecule has 0 saturated carbocycles. The van der Waals surface area contributed by atoms with Gasteiger partial charge >= 0.3 is 0 Å². The maximum absolute atomic E-state index is 12.6. The molecule has 0 fully saturated rings. The Hall–Kier alpha value is -2.27. The first kappa shape index (κ1) is 13.7. The topological polar surface area (TPSA) is 46.1 Å². The van der Waals surface area contributed by atoms with Crippen LogP contribution in [-0.2, 0) is 0 Å². The van der Waals surface area contributed by atoms with Crippen LogP contribution in [-0.4, -0.2) is 27.8 Å². The third-order valence-electron chi connectivity index (χ3n) is 3.52. The van der Waals surface area contributed by atoms with Crippen LogP contribution in [0.5, 0.6) is 0 Å². The minimum absolute atomic E-state index is 0.0192. The maximum atomic E-state index is 12.6. The Morgan fingerprint density at radius 1 is 1.19 bits per heavy atom. The van der Waals surface area contributed by atoms with Crippen molar-refractivity contribution in [1.29, 1.82) is 0 Å². The first-order valence-electron chi connectivity index (χ1n) is 6.69. The van der Waals surface area contributed by atoms with Gasteiger partial charge in [-0.3, -0.25) is 9.78 Å². The van der Waals surface area contributed by atoms with E-state index in [9.17, 15) is 4.79 Å². The van der Waals surface area contributed by atoms with Crippen molar-refractivity contribution in [3.63, 3.8) is 0 Å². The molecule has 4 nitrogen and oxygen atoms in total. The molecule has 1 amide bonds. The Morgan fingerprint density at radius 2 is 1.95 bits per heavy atom. The molecule has 0 saturated heterocycles. The Bertz CT molecular complexity index is 770. The molecule has 0 aliphatic rings. The van der Waals surface area contributed by atoms with Crippen LogP contribution >= 0.6 is 11.3 Å². The number of fused-ring (bicyclic) bond motifs is 1. The summed E-state index contributed by atoms with van der Waals surface area (Å²) in [5.41, 5.74) is 1.91. The monoisotopic (exact) mass is 297 g/mol. The number of aromatic nitrogens is 2. The summed E-state index contributed by atoms with van der Waals surface area (Å²) in [6, 6.07) is 11.6. The van der Waals surface area contributed by atoms with Crippen LogP contribution in [0.1, 0.15) is 28.3 Å². The zero-order valence-corrected chi connectivity index (χ0v) is 12.7. The molecule has 5 heteroatoms. The number of carbonyl (C=O) groups excluding carboxylic acids is 1. The van der Waals surface area contributed by atoms with Crippen molar-refractivity contribution >= 4 is 28.3 Å². The lowest BCUT2D eigenvalue weighted by atomic mass is 10.2. The molecule has 0 spiro atoms. The molecule has 106 valence electrons. The molecule has 1 atom stereocenters. The van der Waals surface area contributed by atoms with Gasteiger partial charge in [0.1, 0.15) is 5.69 Å². The molecule has 0 aliphatic carbocycles. The van der Waals surface area contributed by atoms with Crippen molar-refractivity contribution < 1.29 is 4.79 Å². The van der Waals surface area contributed by atoms with Crippen molar-refractivity contribution in [3.05, 3.63) is 58.5 Å². The minimum atomic E-state index is -0.117. The first-order chi connectivity index (χ1) is 10.2. The highest BCUT2D eigenvalue weighted by Crippen LogP contribution is 2.24. The number of hydrogen-bond acceptors (Lipinski definition) is 4. The molecule has 1 unspecified atom stereocenters. The van der Waals surface area contributed by atoms with E-state index in [-0.39, 0.29) is 11.9 Å². The highest BCUT2D eigenvalue weighted by molar-refractivity contribution is 7.10. The fraction of sp³-hybridized carbons (Fsp3) is 0.188. The minimum Gasteiger partial charge on any atom is -0.333 e. The van der Waals surface area contributed by atoms with Gasteiger partial charge in [0, 0.05) is 11.9 Å². The van der Waals surface area contributed by atoms with E-state index >= 15 is 0 Å². The fourth-order valence-electron chi connectivity index (χ4n) is 2.14. The summed E-state index contributed by atoms with van der Waals surface area (Å²) >= 11 is 1.64. The normalized spacial score (nSPS) is 12.3. The largest absolute Gasteiger partial charge is 0.333 e. The van der Waals surface area contributed by atoms with Gasteiger partial charge in [0.15, 0.2) is 0 Å². The lowest BCUT2D eigenvalue weighted by Gasteiger charge is -2.23. The quantitative estimate of drug-likeness (QED) is 0.743. The molecule has 2 heterocycles. The van der Waals surface area contributed by atoms with Crippen molar-refractivity contribution in [2.45, 2.75) is 13.0 Å². The van der Waals surface area contributed by atoms with Crippen molar-refractivity contribution in [3.8, 4) is 0 Å². The predicted octanol–water partition coefficient (Wildman–Crippen LogP) is 3.52. The first-order valence-corrected chi connectivity index (χ1v) is 7.57. The van der Waals surface area contributed by atoms with E-state index in [4.69, 9.17) is 0 Å². The molecule has 3 rings (SSSR count). The van der Waals surface area contributed by atoms with Crippen LogP contribution in [0.4, 0.5) is 0 Å². The second kappa shape index (κ2) is 5.61. The van der Waals surface area contributed by atoms with Gasteiger partial charge in [0.05, 0.1) is 23.3 Å². The fourth-order valence-corrected chi connectivity index (χ4v) is 2.96. The van der Waals surface area contributed by atoms with Crippen molar-refractivity contribution in [2.75, 3.05) is 7.05 Å². The van der Waals surface area contributed by atoms with E-state index in [1.807, 2.05) is 48.7 Å². The molecule has 0 N–H and O–H groups in total. The molecule has 0 bridgehead atoms. The molecule has 0 radical (unpaired) electrons. The van der Waals surface area contributed by atoms with Crippen LogP contribution in [0, 0.1) is 0 Å². The standard InChI is InChI=1S/C16H15N3OS/c1-11(15-8-5-9-21-15)19(2)16(20)14-10-17-12-6-3-4-7-13(12)18-14/h3-11H,1-2H3. The summed E-state index contributed by atoms with van der Waals surface area (Å²) in [5.74, 6) is -0.117. The van der Waals surface area contributed by atoms with Gasteiger partial charge in [-0.05, 0) is 30.5 Å². The second-order valence-corrected chi connectivity index (χ2v) is 5.83. The molecule has 2 aromatic heterocycles. The maximum Gasteiger partial charge on any atom is 0.274 e. The highest BCUT2D eigenvalue weighted by atomic mass is 32.1. The van der Waals surface area contributed by atoms with Gasteiger partial charge < -0.3 is 4.90 Å². The molecular weight excluding hydrogens is 282 g/mol. The summed E-state index contributed by atoms with van der Waals surface area (Å²) in [7, 11) is 1.80. The van der Waals surface area contributed by atoms with Crippen molar-refractivity contribution in [2.24, 2.45) is 0 Å². The lowest BCUT2D eigenvalue weighted by molar-refractivity contribution is 0.0739. The zero-order valence-electron chi connectivity index (χ0n) is 11.9. The molecule has 3 aromatic rings. The summed E-state index contributed by atoms with van der Waals surface area (Å²) in [5, 5.41) is 2.01. The van der Waals surface area contributed by atoms with Gasteiger partial charge in [-0.15, -0.1) is 11.3 Å². The number of para-hydroxylation sites is 2. The number of rotatable bonds is 3. The number of thiophene rings is 1. The van der Waals surface area contributed by atoms with E-state index in [1.165, 1.54) is 0 Å². The van der Waals surface area contributed by atoms with Crippen LogP contribution < -0.4 is 0 Å². The van der Waals surface area contributed by atoms with Crippen LogP contribution in [0.3, 0.4) is 0 Å². The third-order valence-corrected chi connectivity index (χ3v) is 4.57. The Labute approximate surface area is 127 Å². The van der Waals surface area contributed by atoms with Gasteiger partial charge in [0.25, 0.3) is 5.91 Å². The molecule has 21 heavy (non-hydrogen) atoms. The molecule has 0 aliphatic heterocycles. The second-order valence-electron chi connectivity index (χ2n) is 4.85. The molecule has 1 aromatic carbocycles. The van der Waals surface area contributed by atoms with Gasteiger partial charge in [-0.25, -0.2) is 4.98 Å². The SMILES string of the molecule is CC(c1cccs1)N(C)C(=O)c1cnc2ccccc2n1. The van der Waals surface area contributed by atoms with Crippen molar-refractivity contribution in [1.82, 2.24) is 14.9 Å². The average molecular weight is 297 g/mol. The number of nitrogens with zero attached hydrogens (tertiary/aromatic N) is 3. The van der Waals surface area contributed by atoms with Crippen LogP contribution in [0.25, 0.3) is 11.0 Å². The Kier molecular flexibility index (Phi) is 3.66. The van der Waals surface area contributed by atoms with Crippen LogP contribution in [0.2, 0.25) is 0 Å². The van der Waals surface area contributed by atoms with E-state index in [1.54, 1.807) is 29.5 Å². The van der Waals surface area contributed by atoms with Crippen LogP contribution in [0.15, 0.2) is 48.0 Å². The number of amides is 1. The van der Waals surface area contributed by atoms with E-state index in [0.717, 1.165) is 15.9 Å². The van der Waals surface area contributed by atoms with E-state index < -0.39 is 0 Å². The number of hydrogen-bond donors (Lipinski definition) is 0. The lowest BCUT2D eigenvalue weighted by Crippen LogP contribution is -2.30. The van der Waals surface area contributed by atoms with Gasteiger partial charge in [-0.2, -0.15) is 0 Å². The summed E-state index contributed by atoms with van der Waals surface area (Å²) in [6.07, 6.45) is 1.54. The van der Waals surface area contributed by atoms with E-state index in [0.29, 0.717) is 5.69 Å². The average Bonchev–Trinajstić information content (AvgIpc) is 3.06. The highest BCUT2D eigenvalue weighted by Gasteiger charge is 2.21. The Balaban J connectivity index is 1.89. The molecular formula is C16H15N3OS. The number of carbonyl (C=O) groups is 1. The van der Waals surface area contributed by atoms with Gasteiger partial charge in [-0.1, -0.05) is 18.2 Å². The summed E-state index contributed by atoms with van der Waals surface area (Å²) in [4.78, 5) is 24.1. The summed E-state index contributed by atoms with van der Waals surface area (Å²) < 4.78 is 0. The predicted molar refractivity (Wildman–Crippen MR) is 84.4 cm³/mol. The Morgan fingerprint density at radius 3 is 2.67 bits per heavy atom. The van der Waals surface area contributed by atoms with Gasteiger partial charge in [0.2, 0.25) is 0 Å². The smallest absolute Gasteiger partial charge is 0.274 e. The third kappa shape index (κ3) is 2.64. The zero-order chi connectivity index (χ0) is 14.8. The number of benzene rings is 1. The summed E-state index contributed by atoms with van der Waals surface area (Å²) in [6.45, 7) is 2.01. The van der Waals surface area contributed by atoms with E-state index in [2.05, 4.69) is 9.97 Å².